The van der Waals surface area contributed by atoms with Crippen LogP contribution < -0.4 is 10.1 Å². The summed E-state index contributed by atoms with van der Waals surface area (Å²) < 4.78 is 5.17. The van der Waals surface area contributed by atoms with Crippen LogP contribution in [0, 0.1) is 0 Å². The van der Waals surface area contributed by atoms with Gasteiger partial charge in [-0.3, -0.25) is 0 Å². The molecule has 0 aliphatic carbocycles. The van der Waals surface area contributed by atoms with Crippen molar-refractivity contribution in [2.24, 2.45) is 0 Å². The van der Waals surface area contributed by atoms with E-state index < -0.39 is 0 Å². The van der Waals surface area contributed by atoms with Gasteiger partial charge in [-0.25, -0.2) is 0 Å². The van der Waals surface area contributed by atoms with E-state index in [2.05, 4.69) is 18.0 Å². The van der Waals surface area contributed by atoms with E-state index in [4.69, 9.17) is 4.74 Å². The highest BCUT2D eigenvalue weighted by atomic mass is 16.5. The number of benzene rings is 1. The summed E-state index contributed by atoms with van der Waals surface area (Å²) in [4.78, 5) is 0. The molecule has 0 aliphatic rings. The van der Waals surface area contributed by atoms with Crippen molar-refractivity contribution < 1.29 is 4.74 Å². The largest absolute Gasteiger partial charge is 0.497 e. The molecule has 0 amide bonds. The molecule has 1 aromatic carbocycles. The summed E-state index contributed by atoms with van der Waals surface area (Å²) in [6.07, 6.45) is 0. The van der Waals surface area contributed by atoms with E-state index in [0.717, 1.165) is 11.3 Å². The number of nitrogens with one attached hydrogen (secondary N) is 1. The predicted molar refractivity (Wildman–Crippen MR) is 59.6 cm³/mol. The van der Waals surface area contributed by atoms with Crippen LogP contribution in [0.2, 0.25) is 0 Å². The van der Waals surface area contributed by atoms with E-state index in [0.29, 0.717) is 0 Å². The first-order chi connectivity index (χ1) is 6.69. The van der Waals surface area contributed by atoms with Crippen LogP contribution in [0.4, 0.5) is 0 Å². The topological polar surface area (TPSA) is 21.3 Å². The van der Waals surface area contributed by atoms with E-state index in [1.165, 1.54) is 5.56 Å². The monoisotopic (exact) mass is 191 g/mol. The second-order valence-electron chi connectivity index (χ2n) is 3.34. The lowest BCUT2D eigenvalue weighted by molar-refractivity contribution is 0.413. The van der Waals surface area contributed by atoms with Crippen LogP contribution in [0.3, 0.4) is 0 Å². The summed E-state index contributed by atoms with van der Waals surface area (Å²) in [5, 5.41) is 3.21. The number of hydrogen-bond acceptors (Lipinski definition) is 2. The lowest BCUT2D eigenvalue weighted by Crippen LogP contribution is -2.16. The zero-order valence-electron chi connectivity index (χ0n) is 9.00. The minimum Gasteiger partial charge on any atom is -0.497 e. The summed E-state index contributed by atoms with van der Waals surface area (Å²) in [5.41, 5.74) is 2.28. The molecule has 0 aliphatic heterocycles. The molecular formula is C12H17NO. The molecule has 1 rings (SSSR count). The van der Waals surface area contributed by atoms with Crippen molar-refractivity contribution in [3.63, 3.8) is 0 Å². The molecule has 0 heterocycles. The fraction of sp³-hybridized carbons (Fsp3) is 0.333. The normalized spacial score (nSPS) is 12.2. The minimum atomic E-state index is 0.199. The Hall–Kier alpha value is -1.28. The Bertz CT molecular complexity index is 320. The van der Waals surface area contributed by atoms with E-state index in [9.17, 15) is 0 Å². The first kappa shape index (κ1) is 10.8. The number of ether oxygens (including phenoxy) is 1. The van der Waals surface area contributed by atoms with Crippen molar-refractivity contribution in [1.29, 1.82) is 0 Å². The minimum absolute atomic E-state index is 0.199. The first-order valence-corrected chi connectivity index (χ1v) is 4.65. The van der Waals surface area contributed by atoms with Crippen molar-refractivity contribution in [2.45, 2.75) is 13.0 Å². The lowest BCUT2D eigenvalue weighted by Gasteiger charge is -2.17. The number of likely N-dealkylation sites (N-methyl/N-ethyl adjacent to an activating group) is 1. The Morgan fingerprint density at radius 3 is 2.71 bits per heavy atom. The summed E-state index contributed by atoms with van der Waals surface area (Å²) >= 11 is 0. The van der Waals surface area contributed by atoms with Crippen LogP contribution >= 0.6 is 0 Å². The van der Waals surface area contributed by atoms with Crippen LogP contribution in [-0.4, -0.2) is 14.2 Å². The van der Waals surface area contributed by atoms with Crippen LogP contribution in [0.25, 0.3) is 0 Å². The molecule has 14 heavy (non-hydrogen) atoms. The van der Waals surface area contributed by atoms with Crippen molar-refractivity contribution in [3.05, 3.63) is 42.0 Å². The zero-order chi connectivity index (χ0) is 10.6. The average Bonchev–Trinajstić information content (AvgIpc) is 2.19. The second kappa shape index (κ2) is 4.82. The van der Waals surface area contributed by atoms with Crippen LogP contribution in [0.15, 0.2) is 36.4 Å². The van der Waals surface area contributed by atoms with Gasteiger partial charge < -0.3 is 10.1 Å². The molecular weight excluding hydrogens is 174 g/mol. The van der Waals surface area contributed by atoms with Gasteiger partial charge in [0.25, 0.3) is 0 Å². The molecule has 1 aromatic rings. The van der Waals surface area contributed by atoms with Crippen molar-refractivity contribution in [3.8, 4) is 5.75 Å². The standard InChI is InChI=1S/C12H17NO/c1-9(2)12(13-3)10-6-5-7-11(8-10)14-4/h5-8,12-13H,1H2,2-4H3. The Morgan fingerprint density at radius 2 is 2.21 bits per heavy atom. The highest BCUT2D eigenvalue weighted by Gasteiger charge is 2.09. The van der Waals surface area contributed by atoms with Gasteiger partial charge in [-0.2, -0.15) is 0 Å². The molecule has 0 saturated heterocycles. The zero-order valence-corrected chi connectivity index (χ0v) is 9.00. The number of rotatable bonds is 4. The van der Waals surface area contributed by atoms with Gasteiger partial charge in [-0.15, -0.1) is 0 Å². The van der Waals surface area contributed by atoms with Gasteiger partial charge >= 0.3 is 0 Å². The maximum absolute atomic E-state index is 5.17. The first-order valence-electron chi connectivity index (χ1n) is 4.65. The Morgan fingerprint density at radius 1 is 1.50 bits per heavy atom. The van der Waals surface area contributed by atoms with Gasteiger partial charge in [0.1, 0.15) is 5.75 Å². The van der Waals surface area contributed by atoms with E-state index in [1.807, 2.05) is 32.2 Å². The third-order valence-electron chi connectivity index (χ3n) is 2.21. The molecule has 0 aromatic heterocycles. The van der Waals surface area contributed by atoms with E-state index >= 15 is 0 Å². The van der Waals surface area contributed by atoms with Gasteiger partial charge in [0.2, 0.25) is 0 Å². The third kappa shape index (κ3) is 2.36. The second-order valence-corrected chi connectivity index (χ2v) is 3.34. The molecule has 76 valence electrons. The van der Waals surface area contributed by atoms with Crippen LogP contribution in [-0.2, 0) is 0 Å². The molecule has 0 fully saturated rings. The molecule has 1 atom stereocenters. The van der Waals surface area contributed by atoms with Crippen LogP contribution in [0.5, 0.6) is 5.75 Å². The quantitative estimate of drug-likeness (QED) is 0.738. The Kier molecular flexibility index (Phi) is 3.72. The number of methoxy groups -OCH3 is 1. The highest BCUT2D eigenvalue weighted by Crippen LogP contribution is 2.23. The average molecular weight is 191 g/mol. The fourth-order valence-electron chi connectivity index (χ4n) is 1.52. The van der Waals surface area contributed by atoms with Gasteiger partial charge in [0, 0.05) is 0 Å². The van der Waals surface area contributed by atoms with E-state index in [1.54, 1.807) is 7.11 Å². The van der Waals surface area contributed by atoms with Gasteiger partial charge in [-0.05, 0) is 31.7 Å². The fourth-order valence-corrected chi connectivity index (χ4v) is 1.52. The van der Waals surface area contributed by atoms with Gasteiger partial charge in [0.15, 0.2) is 0 Å². The number of hydrogen-bond donors (Lipinski definition) is 1. The summed E-state index contributed by atoms with van der Waals surface area (Å²) in [6.45, 7) is 5.97. The summed E-state index contributed by atoms with van der Waals surface area (Å²) in [7, 11) is 3.60. The van der Waals surface area contributed by atoms with Crippen LogP contribution in [0.1, 0.15) is 18.5 Å². The molecule has 1 unspecified atom stereocenters. The van der Waals surface area contributed by atoms with Gasteiger partial charge in [0.05, 0.1) is 13.2 Å². The van der Waals surface area contributed by atoms with E-state index in [-0.39, 0.29) is 6.04 Å². The van der Waals surface area contributed by atoms with Crippen molar-refractivity contribution in [1.82, 2.24) is 5.32 Å². The Balaban J connectivity index is 2.98. The smallest absolute Gasteiger partial charge is 0.119 e. The van der Waals surface area contributed by atoms with Gasteiger partial charge in [-0.1, -0.05) is 24.3 Å². The molecule has 0 saturated carbocycles. The molecule has 0 radical (unpaired) electrons. The summed E-state index contributed by atoms with van der Waals surface area (Å²) in [5.74, 6) is 0.879. The molecule has 0 bridgehead atoms. The SMILES string of the molecule is C=C(C)C(NC)c1cccc(OC)c1. The predicted octanol–water partition coefficient (Wildman–Crippen LogP) is 2.53. The molecule has 2 nitrogen and oxygen atoms in total. The molecule has 2 heteroatoms. The summed E-state index contributed by atoms with van der Waals surface area (Å²) in [6, 6.07) is 8.22. The van der Waals surface area contributed by atoms with Crippen molar-refractivity contribution >= 4 is 0 Å². The van der Waals surface area contributed by atoms with Crippen molar-refractivity contribution in [2.75, 3.05) is 14.2 Å². The molecule has 0 spiro atoms. The maximum atomic E-state index is 5.17. The third-order valence-corrected chi connectivity index (χ3v) is 2.21. The lowest BCUT2D eigenvalue weighted by atomic mass is 10.0. The molecule has 1 N–H and O–H groups in total. The highest BCUT2D eigenvalue weighted by molar-refractivity contribution is 5.33. The maximum Gasteiger partial charge on any atom is 0.119 e. The Labute approximate surface area is 85.6 Å².